The van der Waals surface area contributed by atoms with Crippen LogP contribution in [0.1, 0.15) is 5.56 Å². The Labute approximate surface area is 161 Å². The van der Waals surface area contributed by atoms with Crippen LogP contribution in [-0.2, 0) is 4.79 Å². The third-order valence-electron chi connectivity index (χ3n) is 3.79. The second-order valence-electron chi connectivity index (χ2n) is 5.74. The maximum Gasteiger partial charge on any atom is 0.234 e. The van der Waals surface area contributed by atoms with Crippen molar-refractivity contribution in [2.45, 2.75) is 12.1 Å². The number of hydrogen-bond donors (Lipinski definition) is 2. The van der Waals surface area contributed by atoms with Gasteiger partial charge in [0.05, 0.1) is 25.7 Å². The summed E-state index contributed by atoms with van der Waals surface area (Å²) < 4.78 is 10.4. The summed E-state index contributed by atoms with van der Waals surface area (Å²) >= 11 is 1.26. The average Bonchev–Trinajstić information content (AvgIpc) is 3.16. The summed E-state index contributed by atoms with van der Waals surface area (Å²) in [4.78, 5) is 16.7. The molecule has 1 heterocycles. The molecule has 3 aromatic rings. The fourth-order valence-electron chi connectivity index (χ4n) is 2.42. The molecule has 0 aliphatic carbocycles. The first-order valence-electron chi connectivity index (χ1n) is 8.23. The lowest BCUT2D eigenvalue weighted by molar-refractivity contribution is -0.113. The lowest BCUT2D eigenvalue weighted by atomic mass is 10.2. The molecule has 0 bridgehead atoms. The molecule has 0 aliphatic rings. The molecule has 0 fully saturated rings. The van der Waals surface area contributed by atoms with Crippen molar-refractivity contribution in [2.75, 3.05) is 25.3 Å². The molecule has 3 rings (SSSR count). The molecule has 0 radical (unpaired) electrons. The molecule has 8 heteroatoms. The fraction of sp³-hybridized carbons (Fsp3) is 0.211. The minimum absolute atomic E-state index is 0.153. The van der Waals surface area contributed by atoms with Gasteiger partial charge in [-0.3, -0.25) is 9.89 Å². The summed E-state index contributed by atoms with van der Waals surface area (Å²) in [6.45, 7) is 1.96. The van der Waals surface area contributed by atoms with E-state index in [-0.39, 0.29) is 11.7 Å². The Morgan fingerprint density at radius 2 is 1.93 bits per heavy atom. The van der Waals surface area contributed by atoms with Crippen molar-refractivity contribution in [1.82, 2.24) is 15.2 Å². The van der Waals surface area contributed by atoms with Crippen LogP contribution in [0.15, 0.2) is 47.6 Å². The first kappa shape index (κ1) is 18.8. The average molecular weight is 384 g/mol. The largest absolute Gasteiger partial charge is 0.497 e. The number of nitrogens with one attached hydrogen (secondary N) is 2. The van der Waals surface area contributed by atoms with Gasteiger partial charge >= 0.3 is 0 Å². The van der Waals surface area contributed by atoms with Crippen molar-refractivity contribution in [3.05, 3.63) is 48.0 Å². The van der Waals surface area contributed by atoms with E-state index in [0.29, 0.717) is 22.4 Å². The van der Waals surface area contributed by atoms with Crippen LogP contribution in [0.4, 0.5) is 5.69 Å². The molecule has 0 atom stereocenters. The standard InChI is InChI=1S/C19H20N4O3S/c1-12-4-9-16(26-3)15(10-12)20-17(24)11-27-19-21-18(22-23-19)13-5-7-14(25-2)8-6-13/h4-10H,11H2,1-3H3,(H,20,24)(H,21,22,23). The maximum atomic E-state index is 12.2. The topological polar surface area (TPSA) is 89.1 Å². The maximum absolute atomic E-state index is 12.2. The zero-order valence-corrected chi connectivity index (χ0v) is 16.1. The van der Waals surface area contributed by atoms with E-state index in [4.69, 9.17) is 9.47 Å². The molecule has 2 N–H and O–H groups in total. The number of methoxy groups -OCH3 is 2. The summed E-state index contributed by atoms with van der Waals surface area (Å²) in [5, 5.41) is 10.4. The van der Waals surface area contributed by atoms with Gasteiger partial charge in [0, 0.05) is 5.56 Å². The smallest absolute Gasteiger partial charge is 0.234 e. The Hall–Kier alpha value is -3.00. The van der Waals surface area contributed by atoms with Crippen molar-refractivity contribution in [3.63, 3.8) is 0 Å². The van der Waals surface area contributed by atoms with Gasteiger partial charge in [-0.1, -0.05) is 17.8 Å². The molecular weight excluding hydrogens is 364 g/mol. The minimum Gasteiger partial charge on any atom is -0.497 e. The van der Waals surface area contributed by atoms with Gasteiger partial charge in [0.2, 0.25) is 11.1 Å². The SMILES string of the molecule is COc1ccc(-c2nc(SCC(=O)Nc3cc(C)ccc3OC)n[nH]2)cc1. The molecular formula is C19H20N4O3S. The summed E-state index contributed by atoms with van der Waals surface area (Å²) in [5.74, 6) is 2.08. The highest BCUT2D eigenvalue weighted by molar-refractivity contribution is 7.99. The molecule has 0 aliphatic heterocycles. The van der Waals surface area contributed by atoms with Crippen LogP contribution in [-0.4, -0.2) is 41.1 Å². The van der Waals surface area contributed by atoms with Gasteiger partial charge in [0.1, 0.15) is 11.5 Å². The van der Waals surface area contributed by atoms with Crippen LogP contribution >= 0.6 is 11.8 Å². The number of benzene rings is 2. The molecule has 0 saturated heterocycles. The third-order valence-corrected chi connectivity index (χ3v) is 4.64. The summed E-state index contributed by atoms with van der Waals surface area (Å²) in [7, 11) is 3.19. The van der Waals surface area contributed by atoms with Gasteiger partial charge in [-0.05, 0) is 48.9 Å². The predicted octanol–water partition coefficient (Wildman–Crippen LogP) is 3.53. The number of aryl methyl sites for hydroxylation is 1. The van der Waals surface area contributed by atoms with Crippen molar-refractivity contribution >= 4 is 23.4 Å². The molecule has 140 valence electrons. The van der Waals surface area contributed by atoms with Gasteiger partial charge in [0.15, 0.2) is 5.82 Å². The third kappa shape index (κ3) is 4.79. The Morgan fingerprint density at radius 3 is 2.63 bits per heavy atom. The van der Waals surface area contributed by atoms with Gasteiger partial charge in [-0.25, -0.2) is 4.98 Å². The Bertz CT molecular complexity index is 925. The normalized spacial score (nSPS) is 10.5. The van der Waals surface area contributed by atoms with Crippen LogP contribution in [0, 0.1) is 6.92 Å². The summed E-state index contributed by atoms with van der Waals surface area (Å²) in [6, 6.07) is 13.1. The van der Waals surface area contributed by atoms with Crippen LogP contribution in [0.2, 0.25) is 0 Å². The van der Waals surface area contributed by atoms with E-state index in [1.165, 1.54) is 11.8 Å². The minimum atomic E-state index is -0.153. The van der Waals surface area contributed by atoms with Gasteiger partial charge in [0.25, 0.3) is 0 Å². The molecule has 0 unspecified atom stereocenters. The van der Waals surface area contributed by atoms with Crippen LogP contribution < -0.4 is 14.8 Å². The quantitative estimate of drug-likeness (QED) is 0.606. The van der Waals surface area contributed by atoms with Gasteiger partial charge < -0.3 is 14.8 Å². The molecule has 0 saturated carbocycles. The molecule has 7 nitrogen and oxygen atoms in total. The Morgan fingerprint density at radius 1 is 1.15 bits per heavy atom. The fourth-order valence-corrected chi connectivity index (χ4v) is 3.02. The number of nitrogens with zero attached hydrogens (tertiary/aromatic N) is 2. The number of rotatable bonds is 7. The van der Waals surface area contributed by atoms with Gasteiger partial charge in [-0.2, -0.15) is 0 Å². The molecule has 2 aromatic carbocycles. The van der Waals surface area contributed by atoms with E-state index in [2.05, 4.69) is 20.5 Å². The zero-order valence-electron chi connectivity index (χ0n) is 15.3. The number of thioether (sulfide) groups is 1. The van der Waals surface area contributed by atoms with Crippen molar-refractivity contribution in [2.24, 2.45) is 0 Å². The van der Waals surface area contributed by atoms with E-state index >= 15 is 0 Å². The number of H-pyrrole nitrogens is 1. The molecule has 1 aromatic heterocycles. The summed E-state index contributed by atoms with van der Waals surface area (Å²) in [5.41, 5.74) is 2.58. The Kier molecular flexibility index (Phi) is 5.97. The number of aromatic nitrogens is 3. The van der Waals surface area contributed by atoms with E-state index in [9.17, 15) is 4.79 Å². The number of ether oxygens (including phenoxy) is 2. The highest BCUT2D eigenvalue weighted by Gasteiger charge is 2.11. The lowest BCUT2D eigenvalue weighted by Crippen LogP contribution is -2.15. The second-order valence-corrected chi connectivity index (χ2v) is 6.68. The molecule has 27 heavy (non-hydrogen) atoms. The lowest BCUT2D eigenvalue weighted by Gasteiger charge is -2.10. The first-order valence-corrected chi connectivity index (χ1v) is 9.21. The van der Waals surface area contributed by atoms with Crippen molar-refractivity contribution in [1.29, 1.82) is 0 Å². The summed E-state index contributed by atoms with van der Waals surface area (Å²) in [6.07, 6.45) is 0. The van der Waals surface area contributed by atoms with E-state index < -0.39 is 0 Å². The zero-order chi connectivity index (χ0) is 19.2. The Balaban J connectivity index is 1.59. The monoisotopic (exact) mass is 384 g/mol. The number of carbonyl (C=O) groups excluding carboxylic acids is 1. The predicted molar refractivity (Wildman–Crippen MR) is 105 cm³/mol. The van der Waals surface area contributed by atoms with Crippen molar-refractivity contribution < 1.29 is 14.3 Å². The first-order chi connectivity index (χ1) is 13.1. The van der Waals surface area contributed by atoms with Crippen molar-refractivity contribution in [3.8, 4) is 22.9 Å². The van der Waals surface area contributed by atoms with Crippen LogP contribution in [0.25, 0.3) is 11.4 Å². The van der Waals surface area contributed by atoms with E-state index in [0.717, 1.165) is 16.9 Å². The number of carbonyl (C=O) groups is 1. The number of hydrogen-bond acceptors (Lipinski definition) is 6. The second kappa shape index (κ2) is 8.59. The highest BCUT2D eigenvalue weighted by atomic mass is 32.2. The number of amides is 1. The number of anilines is 1. The van der Waals surface area contributed by atoms with Crippen LogP contribution in [0.3, 0.4) is 0 Å². The van der Waals surface area contributed by atoms with E-state index in [1.807, 2.05) is 49.4 Å². The number of aromatic amines is 1. The highest BCUT2D eigenvalue weighted by Crippen LogP contribution is 2.26. The van der Waals surface area contributed by atoms with Crippen LogP contribution in [0.5, 0.6) is 11.5 Å². The molecule has 1 amide bonds. The molecule has 0 spiro atoms. The van der Waals surface area contributed by atoms with Gasteiger partial charge in [-0.15, -0.1) is 5.10 Å². The van der Waals surface area contributed by atoms with E-state index in [1.54, 1.807) is 14.2 Å².